The van der Waals surface area contributed by atoms with Crippen molar-refractivity contribution < 1.29 is 18.6 Å². The third-order valence-electron chi connectivity index (χ3n) is 1.09. The quantitative estimate of drug-likeness (QED) is 0.421. The lowest BCUT2D eigenvalue weighted by Crippen LogP contribution is -2.29. The highest BCUT2D eigenvalue weighted by Gasteiger charge is 2.33. The van der Waals surface area contributed by atoms with Crippen molar-refractivity contribution in [3.63, 3.8) is 0 Å². The zero-order chi connectivity index (χ0) is 6.85. The van der Waals surface area contributed by atoms with Gasteiger partial charge in [-0.1, -0.05) is 0 Å². The lowest BCUT2D eigenvalue weighted by Gasteiger charge is -2.23. The Morgan fingerprint density at radius 3 is 2.78 bits per heavy atom. The zero-order valence-corrected chi connectivity index (χ0v) is 5.92. The molecule has 1 aliphatic heterocycles. The molecular weight excluding hydrogens is 143 g/mol. The van der Waals surface area contributed by atoms with Gasteiger partial charge in [0.05, 0.1) is 6.42 Å². The van der Waals surface area contributed by atoms with Crippen LogP contribution in [-0.2, 0) is 18.6 Å². The molecule has 0 N–H and O–H groups in total. The standard InChI is InChI=1S/C4H7O4P/c1-7-9(6)4-2-3(5)8-4/h4,9H,2H2,1H3. The molecule has 0 aromatic carbocycles. The molecule has 2 unspecified atom stereocenters. The number of esters is 1. The second kappa shape index (κ2) is 2.50. The monoisotopic (exact) mass is 150 g/mol. The first kappa shape index (κ1) is 6.78. The predicted octanol–water partition coefficient (Wildman–Crippen LogP) is 0.380. The fourth-order valence-corrected chi connectivity index (χ4v) is 1.39. The van der Waals surface area contributed by atoms with Gasteiger partial charge in [0.15, 0.2) is 5.85 Å². The third kappa shape index (κ3) is 1.32. The molecule has 1 heterocycles. The molecule has 4 nitrogen and oxygen atoms in total. The van der Waals surface area contributed by atoms with Gasteiger partial charge < -0.3 is 9.26 Å². The minimum absolute atomic E-state index is 0.242. The smallest absolute Gasteiger partial charge is 0.310 e. The van der Waals surface area contributed by atoms with Gasteiger partial charge in [-0.3, -0.25) is 9.36 Å². The van der Waals surface area contributed by atoms with Crippen LogP contribution < -0.4 is 0 Å². The van der Waals surface area contributed by atoms with E-state index in [0.29, 0.717) is 0 Å². The highest BCUT2D eigenvalue weighted by atomic mass is 31.1. The summed E-state index contributed by atoms with van der Waals surface area (Å²) in [7, 11) is -0.756. The highest BCUT2D eigenvalue weighted by Crippen LogP contribution is 2.37. The van der Waals surface area contributed by atoms with E-state index in [1.165, 1.54) is 7.11 Å². The summed E-state index contributed by atoms with van der Waals surface area (Å²) < 4.78 is 19.6. The summed E-state index contributed by atoms with van der Waals surface area (Å²) in [4.78, 5) is 10.1. The Morgan fingerprint density at radius 2 is 2.44 bits per heavy atom. The third-order valence-corrected chi connectivity index (χ3v) is 2.34. The van der Waals surface area contributed by atoms with E-state index in [-0.39, 0.29) is 12.4 Å². The summed E-state index contributed by atoms with van der Waals surface area (Å²) >= 11 is 0. The van der Waals surface area contributed by atoms with Crippen molar-refractivity contribution >= 4 is 14.0 Å². The van der Waals surface area contributed by atoms with Gasteiger partial charge in [0.2, 0.25) is 8.03 Å². The van der Waals surface area contributed by atoms with Gasteiger partial charge in [-0.15, -0.1) is 0 Å². The Balaban J connectivity index is 2.31. The molecule has 0 radical (unpaired) electrons. The largest absolute Gasteiger partial charge is 0.451 e. The van der Waals surface area contributed by atoms with E-state index in [2.05, 4.69) is 9.26 Å². The number of cyclic esters (lactones) is 1. The van der Waals surface area contributed by atoms with Crippen molar-refractivity contribution in [2.24, 2.45) is 0 Å². The molecule has 2 atom stereocenters. The van der Waals surface area contributed by atoms with E-state index in [0.717, 1.165) is 0 Å². The topological polar surface area (TPSA) is 52.6 Å². The second-order valence-corrected chi connectivity index (χ2v) is 3.40. The fraction of sp³-hybridized carbons (Fsp3) is 0.750. The van der Waals surface area contributed by atoms with Gasteiger partial charge in [-0.2, -0.15) is 0 Å². The summed E-state index contributed by atoms with van der Waals surface area (Å²) in [6, 6.07) is 0. The van der Waals surface area contributed by atoms with Crippen LogP contribution in [-0.4, -0.2) is 18.9 Å². The van der Waals surface area contributed by atoms with Gasteiger partial charge in [0.1, 0.15) is 0 Å². The van der Waals surface area contributed by atoms with E-state index in [9.17, 15) is 9.36 Å². The molecule has 9 heavy (non-hydrogen) atoms. The summed E-state index contributed by atoms with van der Waals surface area (Å²) in [5.74, 6) is -0.747. The first-order valence-electron chi connectivity index (χ1n) is 2.51. The Labute approximate surface area is 53.0 Å². The van der Waals surface area contributed by atoms with E-state index < -0.39 is 13.9 Å². The normalized spacial score (nSPS) is 28.6. The number of ether oxygens (including phenoxy) is 1. The minimum Gasteiger partial charge on any atom is -0.451 e. The highest BCUT2D eigenvalue weighted by molar-refractivity contribution is 7.40. The average molecular weight is 150 g/mol. The van der Waals surface area contributed by atoms with Crippen LogP contribution in [0.1, 0.15) is 6.42 Å². The Bertz CT molecular complexity index is 147. The molecule has 1 rings (SSSR count). The van der Waals surface area contributed by atoms with Crippen LogP contribution in [0.2, 0.25) is 0 Å². The molecule has 0 aromatic heterocycles. The van der Waals surface area contributed by atoms with Crippen LogP contribution in [0.3, 0.4) is 0 Å². The lowest BCUT2D eigenvalue weighted by molar-refractivity contribution is -0.161. The molecule has 52 valence electrons. The maximum atomic E-state index is 10.6. The summed E-state index contributed by atoms with van der Waals surface area (Å²) in [5.41, 5.74) is 0. The van der Waals surface area contributed by atoms with Crippen LogP contribution >= 0.6 is 8.03 Å². The summed E-state index contributed by atoms with van der Waals surface area (Å²) in [6.07, 6.45) is 0.242. The summed E-state index contributed by atoms with van der Waals surface area (Å²) in [5, 5.41) is 0. The Kier molecular flexibility index (Phi) is 1.88. The first-order chi connectivity index (χ1) is 4.24. The molecule has 0 spiro atoms. The molecule has 0 saturated carbocycles. The van der Waals surface area contributed by atoms with Crippen LogP contribution in [0.15, 0.2) is 0 Å². The molecule has 5 heteroatoms. The van der Waals surface area contributed by atoms with Crippen molar-refractivity contribution in [3.05, 3.63) is 0 Å². The SMILES string of the molecule is CO[PH](=O)C1CC(=O)O1. The van der Waals surface area contributed by atoms with Crippen molar-refractivity contribution in [2.75, 3.05) is 7.11 Å². The van der Waals surface area contributed by atoms with Crippen molar-refractivity contribution in [1.29, 1.82) is 0 Å². The molecule has 1 fully saturated rings. The van der Waals surface area contributed by atoms with Gasteiger partial charge in [-0.25, -0.2) is 0 Å². The fourth-order valence-electron chi connectivity index (χ4n) is 0.563. The number of hydrogen-bond donors (Lipinski definition) is 0. The Morgan fingerprint density at radius 1 is 1.89 bits per heavy atom. The van der Waals surface area contributed by atoms with Crippen LogP contribution in [0.4, 0.5) is 0 Å². The molecule has 1 aliphatic rings. The van der Waals surface area contributed by atoms with E-state index in [1.54, 1.807) is 0 Å². The number of rotatable bonds is 2. The molecule has 0 aromatic rings. The van der Waals surface area contributed by atoms with Crippen molar-refractivity contribution in [1.82, 2.24) is 0 Å². The maximum absolute atomic E-state index is 10.6. The molecule has 0 aliphatic carbocycles. The van der Waals surface area contributed by atoms with Crippen molar-refractivity contribution in [3.8, 4) is 0 Å². The van der Waals surface area contributed by atoms with E-state index in [4.69, 9.17) is 0 Å². The molecular formula is C4H7O4P. The minimum atomic E-state index is -2.10. The number of carbonyl (C=O) groups is 1. The predicted molar refractivity (Wildman–Crippen MR) is 30.5 cm³/mol. The van der Waals surface area contributed by atoms with Crippen LogP contribution in [0.5, 0.6) is 0 Å². The van der Waals surface area contributed by atoms with Crippen LogP contribution in [0.25, 0.3) is 0 Å². The molecule has 0 amide bonds. The summed E-state index contributed by atoms with van der Waals surface area (Å²) in [6.45, 7) is 0. The second-order valence-electron chi connectivity index (χ2n) is 1.71. The lowest BCUT2D eigenvalue weighted by atomic mass is 10.4. The molecule has 0 bridgehead atoms. The molecule has 1 saturated heterocycles. The van der Waals surface area contributed by atoms with E-state index in [1.807, 2.05) is 0 Å². The zero-order valence-electron chi connectivity index (χ0n) is 4.92. The maximum Gasteiger partial charge on any atom is 0.310 e. The van der Waals surface area contributed by atoms with E-state index >= 15 is 0 Å². The van der Waals surface area contributed by atoms with Gasteiger partial charge in [-0.05, 0) is 0 Å². The van der Waals surface area contributed by atoms with Crippen LogP contribution in [0, 0.1) is 0 Å². The van der Waals surface area contributed by atoms with Crippen molar-refractivity contribution in [2.45, 2.75) is 12.3 Å². The van der Waals surface area contributed by atoms with Gasteiger partial charge >= 0.3 is 5.97 Å². The first-order valence-corrected chi connectivity index (χ1v) is 3.90. The Hall–Kier alpha value is -0.340. The van der Waals surface area contributed by atoms with Gasteiger partial charge in [0, 0.05) is 7.11 Å². The average Bonchev–Trinajstić information content (AvgIpc) is 1.79. The number of carbonyl (C=O) groups excluding carboxylic acids is 1. The van der Waals surface area contributed by atoms with Gasteiger partial charge in [0.25, 0.3) is 0 Å². The number of hydrogen-bond acceptors (Lipinski definition) is 4.